The number of carbonyl (C=O) groups is 2. The molecule has 4 nitrogen and oxygen atoms in total. The summed E-state index contributed by atoms with van der Waals surface area (Å²) in [4.78, 5) is 26.7. The van der Waals surface area contributed by atoms with Crippen molar-refractivity contribution < 1.29 is 14.0 Å². The summed E-state index contributed by atoms with van der Waals surface area (Å²) in [5, 5.41) is 2.83. The van der Waals surface area contributed by atoms with Crippen LogP contribution in [0.2, 0.25) is 0 Å². The Morgan fingerprint density at radius 3 is 2.50 bits per heavy atom. The number of hydrogen-bond donors (Lipinski definition) is 1. The van der Waals surface area contributed by atoms with Crippen molar-refractivity contribution in [1.29, 1.82) is 0 Å². The number of benzene rings is 2. The molecule has 3 rings (SSSR count). The Morgan fingerprint density at radius 2 is 1.86 bits per heavy atom. The first-order valence-corrected chi connectivity index (χ1v) is 9.74. The van der Waals surface area contributed by atoms with E-state index in [4.69, 9.17) is 0 Å². The first-order chi connectivity index (χ1) is 13.3. The van der Waals surface area contributed by atoms with Crippen LogP contribution in [-0.2, 0) is 9.59 Å². The summed E-state index contributed by atoms with van der Waals surface area (Å²) in [6.45, 7) is 6.31. The second-order valence-corrected chi connectivity index (χ2v) is 7.60. The number of halogens is 1. The van der Waals surface area contributed by atoms with Gasteiger partial charge in [0.2, 0.25) is 11.8 Å². The first-order valence-electron chi connectivity index (χ1n) is 9.74. The van der Waals surface area contributed by atoms with Crippen LogP contribution in [0, 0.1) is 19.7 Å². The SMILES string of the molecule is CC(=O)N[C@@H](CC(=O)N1CCC[C@H]1c1ccc(C)c(C)c1)c1ccc(F)cc1. The lowest BCUT2D eigenvalue weighted by atomic mass is 9.98. The molecule has 1 fully saturated rings. The van der Waals surface area contributed by atoms with Gasteiger partial charge in [-0.1, -0.05) is 30.3 Å². The average molecular weight is 382 g/mol. The van der Waals surface area contributed by atoms with E-state index < -0.39 is 6.04 Å². The molecule has 0 unspecified atom stereocenters. The summed E-state index contributed by atoms with van der Waals surface area (Å²) in [6.07, 6.45) is 2.06. The Bertz CT molecular complexity index is 863. The molecule has 0 aliphatic carbocycles. The summed E-state index contributed by atoms with van der Waals surface area (Å²) in [5.74, 6) is -0.552. The number of aryl methyl sites for hydroxylation is 2. The Morgan fingerprint density at radius 1 is 1.14 bits per heavy atom. The average Bonchev–Trinajstić information content (AvgIpc) is 3.13. The first kappa shape index (κ1) is 20.1. The second kappa shape index (κ2) is 8.55. The molecule has 1 aliphatic rings. The zero-order chi connectivity index (χ0) is 20.3. The Kier molecular flexibility index (Phi) is 6.12. The fraction of sp³-hybridized carbons (Fsp3) is 0.391. The molecule has 0 saturated carbocycles. The molecule has 1 saturated heterocycles. The second-order valence-electron chi connectivity index (χ2n) is 7.60. The molecule has 0 spiro atoms. The highest BCUT2D eigenvalue weighted by Crippen LogP contribution is 2.34. The summed E-state index contributed by atoms with van der Waals surface area (Å²) < 4.78 is 13.3. The van der Waals surface area contributed by atoms with Crippen molar-refractivity contribution in [3.63, 3.8) is 0 Å². The van der Waals surface area contributed by atoms with Crippen LogP contribution in [0.3, 0.4) is 0 Å². The summed E-state index contributed by atoms with van der Waals surface area (Å²) in [6, 6.07) is 11.9. The lowest BCUT2D eigenvalue weighted by molar-refractivity contribution is -0.133. The molecule has 28 heavy (non-hydrogen) atoms. The quantitative estimate of drug-likeness (QED) is 0.835. The van der Waals surface area contributed by atoms with Crippen LogP contribution in [0.25, 0.3) is 0 Å². The fourth-order valence-corrected chi connectivity index (χ4v) is 3.87. The predicted octanol–water partition coefficient (Wildman–Crippen LogP) is 4.37. The van der Waals surface area contributed by atoms with Gasteiger partial charge < -0.3 is 10.2 Å². The highest BCUT2D eigenvalue weighted by Gasteiger charge is 2.31. The van der Waals surface area contributed by atoms with Crippen molar-refractivity contribution in [1.82, 2.24) is 10.2 Å². The van der Waals surface area contributed by atoms with E-state index in [1.54, 1.807) is 12.1 Å². The third-order valence-electron chi connectivity index (χ3n) is 5.52. The molecule has 148 valence electrons. The third kappa shape index (κ3) is 4.58. The van der Waals surface area contributed by atoms with E-state index in [2.05, 4.69) is 37.4 Å². The van der Waals surface area contributed by atoms with E-state index >= 15 is 0 Å². The van der Waals surface area contributed by atoms with Crippen LogP contribution >= 0.6 is 0 Å². The highest BCUT2D eigenvalue weighted by atomic mass is 19.1. The van der Waals surface area contributed by atoms with E-state index in [9.17, 15) is 14.0 Å². The normalized spacial score (nSPS) is 17.4. The minimum atomic E-state index is -0.466. The Labute approximate surface area is 165 Å². The zero-order valence-electron chi connectivity index (χ0n) is 16.7. The molecule has 0 bridgehead atoms. The van der Waals surface area contributed by atoms with Crippen molar-refractivity contribution in [2.75, 3.05) is 6.54 Å². The van der Waals surface area contributed by atoms with Crippen LogP contribution in [0.5, 0.6) is 0 Å². The van der Waals surface area contributed by atoms with Crippen molar-refractivity contribution >= 4 is 11.8 Å². The van der Waals surface area contributed by atoms with Gasteiger partial charge in [0.1, 0.15) is 5.82 Å². The monoisotopic (exact) mass is 382 g/mol. The smallest absolute Gasteiger partial charge is 0.225 e. The van der Waals surface area contributed by atoms with Gasteiger partial charge in [0.15, 0.2) is 0 Å². The molecule has 1 N–H and O–H groups in total. The number of hydrogen-bond acceptors (Lipinski definition) is 2. The standard InChI is InChI=1S/C23H27FN2O2/c1-15-6-7-19(13-16(15)2)22-5-4-12-26(22)23(28)14-21(25-17(3)27)18-8-10-20(24)11-9-18/h6-11,13,21-22H,4-5,12,14H2,1-3H3,(H,25,27)/t21-,22-/m0/s1. The van der Waals surface area contributed by atoms with E-state index in [0.29, 0.717) is 6.54 Å². The maximum absolute atomic E-state index is 13.3. The van der Waals surface area contributed by atoms with Gasteiger partial charge in [-0.3, -0.25) is 9.59 Å². The van der Waals surface area contributed by atoms with Crippen molar-refractivity contribution in [2.45, 2.75) is 52.1 Å². The Balaban J connectivity index is 1.78. The highest BCUT2D eigenvalue weighted by molar-refractivity contribution is 5.80. The topological polar surface area (TPSA) is 49.4 Å². The van der Waals surface area contributed by atoms with Gasteiger partial charge in [-0.25, -0.2) is 4.39 Å². The lowest BCUT2D eigenvalue weighted by Crippen LogP contribution is -2.35. The molecule has 2 aromatic rings. The maximum atomic E-state index is 13.3. The van der Waals surface area contributed by atoms with Crippen LogP contribution in [0.1, 0.15) is 60.5 Å². The fourth-order valence-electron chi connectivity index (χ4n) is 3.87. The van der Waals surface area contributed by atoms with Crippen molar-refractivity contribution in [2.24, 2.45) is 0 Å². The van der Waals surface area contributed by atoms with Crippen molar-refractivity contribution in [3.05, 3.63) is 70.5 Å². The minimum Gasteiger partial charge on any atom is -0.349 e. The molecule has 2 aromatic carbocycles. The van der Waals surface area contributed by atoms with Crippen LogP contribution in [-0.4, -0.2) is 23.3 Å². The van der Waals surface area contributed by atoms with Crippen LogP contribution in [0.4, 0.5) is 4.39 Å². The van der Waals surface area contributed by atoms with E-state index in [0.717, 1.165) is 24.0 Å². The largest absolute Gasteiger partial charge is 0.349 e. The zero-order valence-corrected chi connectivity index (χ0v) is 16.7. The molecule has 5 heteroatoms. The van der Waals surface area contributed by atoms with Gasteiger partial charge in [-0.2, -0.15) is 0 Å². The van der Waals surface area contributed by atoms with Gasteiger partial charge in [-0.15, -0.1) is 0 Å². The molecule has 1 aliphatic heterocycles. The van der Waals surface area contributed by atoms with Crippen molar-refractivity contribution in [3.8, 4) is 0 Å². The minimum absolute atomic E-state index is 0.00352. The van der Waals surface area contributed by atoms with Crippen LogP contribution in [0.15, 0.2) is 42.5 Å². The number of likely N-dealkylation sites (tertiary alicyclic amines) is 1. The van der Waals surface area contributed by atoms with Gasteiger partial charge >= 0.3 is 0 Å². The third-order valence-corrected chi connectivity index (χ3v) is 5.52. The summed E-state index contributed by atoms with van der Waals surface area (Å²) >= 11 is 0. The number of carbonyl (C=O) groups excluding carboxylic acids is 2. The number of nitrogens with zero attached hydrogens (tertiary/aromatic N) is 1. The van der Waals surface area contributed by atoms with Crippen LogP contribution < -0.4 is 5.32 Å². The van der Waals surface area contributed by atoms with Gasteiger partial charge in [0, 0.05) is 13.5 Å². The van der Waals surface area contributed by atoms with Gasteiger partial charge in [0.05, 0.1) is 18.5 Å². The van der Waals surface area contributed by atoms with E-state index in [1.165, 1.54) is 30.2 Å². The predicted molar refractivity (Wildman–Crippen MR) is 107 cm³/mol. The molecule has 0 aromatic heterocycles. The number of rotatable bonds is 5. The van der Waals surface area contributed by atoms with Gasteiger partial charge in [-0.05, 0) is 61.1 Å². The molecule has 1 heterocycles. The maximum Gasteiger partial charge on any atom is 0.225 e. The van der Waals surface area contributed by atoms with E-state index in [-0.39, 0.29) is 30.1 Å². The molecular weight excluding hydrogens is 355 g/mol. The number of amides is 2. The summed E-state index contributed by atoms with van der Waals surface area (Å²) in [5.41, 5.74) is 4.35. The molecule has 2 amide bonds. The van der Waals surface area contributed by atoms with Gasteiger partial charge in [0.25, 0.3) is 0 Å². The van der Waals surface area contributed by atoms with E-state index in [1.807, 2.05) is 4.90 Å². The number of nitrogens with one attached hydrogen (secondary N) is 1. The molecule has 0 radical (unpaired) electrons. The summed E-state index contributed by atoms with van der Waals surface area (Å²) in [7, 11) is 0. The Hall–Kier alpha value is -2.69. The molecular formula is C23H27FN2O2. The molecule has 2 atom stereocenters. The lowest BCUT2D eigenvalue weighted by Gasteiger charge is -2.28.